The third kappa shape index (κ3) is 6.02. The van der Waals surface area contributed by atoms with Gasteiger partial charge < -0.3 is 10.4 Å². The topological polar surface area (TPSA) is 66.4 Å². The number of benzene rings is 1. The van der Waals surface area contributed by atoms with E-state index in [1.165, 1.54) is 6.08 Å². The van der Waals surface area contributed by atoms with E-state index in [1.54, 1.807) is 6.08 Å². The fourth-order valence-corrected chi connectivity index (χ4v) is 1.90. The number of carboxylic acid groups (broad SMARTS) is 1. The Kier molecular flexibility index (Phi) is 7.01. The van der Waals surface area contributed by atoms with E-state index in [1.807, 2.05) is 31.2 Å². The molecule has 0 aliphatic carbocycles. The van der Waals surface area contributed by atoms with Crippen molar-refractivity contribution in [1.82, 2.24) is 5.32 Å². The Hall–Kier alpha value is -1.62. The molecule has 1 atom stereocenters. The van der Waals surface area contributed by atoms with Gasteiger partial charge in [-0.05, 0) is 30.2 Å². The van der Waals surface area contributed by atoms with Crippen LogP contribution in [-0.2, 0) is 9.59 Å². The molecule has 108 valence electrons. The molecule has 20 heavy (non-hydrogen) atoms. The van der Waals surface area contributed by atoms with E-state index in [2.05, 4.69) is 21.2 Å². The number of carbonyl (C=O) groups excluding carboxylic acids is 1. The molecule has 0 saturated carbocycles. The number of unbranched alkanes of at least 4 members (excludes halogenated alkanes) is 1. The molecule has 0 aliphatic rings. The summed E-state index contributed by atoms with van der Waals surface area (Å²) in [5.41, 5.74) is 0.879. The average Bonchev–Trinajstić information content (AvgIpc) is 2.42. The van der Waals surface area contributed by atoms with Gasteiger partial charge in [-0.25, -0.2) is 4.79 Å². The van der Waals surface area contributed by atoms with E-state index < -0.39 is 17.9 Å². The highest BCUT2D eigenvalue weighted by molar-refractivity contribution is 9.10. The predicted molar refractivity (Wildman–Crippen MR) is 82.3 cm³/mol. The van der Waals surface area contributed by atoms with Crippen molar-refractivity contribution < 1.29 is 14.7 Å². The Morgan fingerprint density at radius 1 is 1.35 bits per heavy atom. The molecule has 0 spiro atoms. The van der Waals surface area contributed by atoms with Crippen molar-refractivity contribution in [2.45, 2.75) is 32.2 Å². The van der Waals surface area contributed by atoms with Crippen LogP contribution in [0.3, 0.4) is 0 Å². The molecular weight excluding hydrogens is 322 g/mol. The maximum atomic E-state index is 11.7. The summed E-state index contributed by atoms with van der Waals surface area (Å²) in [7, 11) is 0. The SMILES string of the molecule is CCCC[C@H](NC(=O)/C=C/c1ccc(Br)cc1)C(=O)O. The first-order chi connectivity index (χ1) is 9.52. The van der Waals surface area contributed by atoms with Gasteiger partial charge in [0.05, 0.1) is 0 Å². The molecule has 2 N–H and O–H groups in total. The highest BCUT2D eigenvalue weighted by Gasteiger charge is 2.17. The van der Waals surface area contributed by atoms with E-state index in [4.69, 9.17) is 5.11 Å². The van der Waals surface area contributed by atoms with Gasteiger partial charge in [-0.3, -0.25) is 4.79 Å². The second kappa shape index (κ2) is 8.53. The van der Waals surface area contributed by atoms with Crippen molar-refractivity contribution in [2.24, 2.45) is 0 Å². The molecule has 0 radical (unpaired) electrons. The van der Waals surface area contributed by atoms with Crippen LogP contribution in [0.2, 0.25) is 0 Å². The molecule has 1 amide bonds. The number of carboxylic acids is 1. The molecule has 1 aromatic rings. The molecule has 0 heterocycles. The van der Waals surface area contributed by atoms with Crippen molar-refractivity contribution in [1.29, 1.82) is 0 Å². The maximum Gasteiger partial charge on any atom is 0.326 e. The third-order valence-corrected chi connectivity index (χ3v) is 3.29. The zero-order valence-corrected chi connectivity index (χ0v) is 12.9. The van der Waals surface area contributed by atoms with Crippen LogP contribution in [0.5, 0.6) is 0 Å². The van der Waals surface area contributed by atoms with Gasteiger partial charge in [-0.15, -0.1) is 0 Å². The number of nitrogens with one attached hydrogen (secondary N) is 1. The lowest BCUT2D eigenvalue weighted by Gasteiger charge is -2.12. The summed E-state index contributed by atoms with van der Waals surface area (Å²) in [6.07, 6.45) is 5.12. The average molecular weight is 340 g/mol. The van der Waals surface area contributed by atoms with Crippen molar-refractivity contribution in [2.75, 3.05) is 0 Å². The molecule has 5 heteroatoms. The number of aliphatic carboxylic acids is 1. The summed E-state index contributed by atoms with van der Waals surface area (Å²) in [5, 5.41) is 11.5. The molecular formula is C15H18BrNO3. The Morgan fingerprint density at radius 2 is 2.00 bits per heavy atom. The van der Waals surface area contributed by atoms with Crippen molar-refractivity contribution in [3.8, 4) is 0 Å². The van der Waals surface area contributed by atoms with E-state index >= 15 is 0 Å². The summed E-state index contributed by atoms with van der Waals surface area (Å²) < 4.78 is 0.963. The zero-order valence-electron chi connectivity index (χ0n) is 11.3. The monoisotopic (exact) mass is 339 g/mol. The fourth-order valence-electron chi connectivity index (χ4n) is 1.63. The van der Waals surface area contributed by atoms with Gasteiger partial charge >= 0.3 is 5.97 Å². The van der Waals surface area contributed by atoms with Gasteiger partial charge in [-0.1, -0.05) is 47.8 Å². The van der Waals surface area contributed by atoms with Crippen LogP contribution in [0.1, 0.15) is 31.7 Å². The number of hydrogen-bond donors (Lipinski definition) is 2. The number of amides is 1. The first-order valence-electron chi connectivity index (χ1n) is 6.50. The van der Waals surface area contributed by atoms with Crippen LogP contribution in [-0.4, -0.2) is 23.0 Å². The van der Waals surface area contributed by atoms with E-state index in [0.29, 0.717) is 6.42 Å². The summed E-state index contributed by atoms with van der Waals surface area (Å²) in [6, 6.07) is 6.65. The molecule has 0 fully saturated rings. The van der Waals surface area contributed by atoms with Gasteiger partial charge in [0, 0.05) is 10.5 Å². The molecule has 4 nitrogen and oxygen atoms in total. The summed E-state index contributed by atoms with van der Waals surface area (Å²) in [4.78, 5) is 22.7. The molecule has 1 rings (SSSR count). The van der Waals surface area contributed by atoms with Gasteiger partial charge in [-0.2, -0.15) is 0 Å². The molecule has 1 aromatic carbocycles. The first kappa shape index (κ1) is 16.4. The van der Waals surface area contributed by atoms with Crippen LogP contribution >= 0.6 is 15.9 Å². The number of carbonyl (C=O) groups is 2. The summed E-state index contributed by atoms with van der Waals surface area (Å²) in [6.45, 7) is 1.98. The fraction of sp³-hybridized carbons (Fsp3) is 0.333. The Bertz CT molecular complexity index is 482. The third-order valence-electron chi connectivity index (χ3n) is 2.76. The van der Waals surface area contributed by atoms with Gasteiger partial charge in [0.25, 0.3) is 0 Å². The van der Waals surface area contributed by atoms with Crippen LogP contribution in [0.15, 0.2) is 34.8 Å². The minimum atomic E-state index is -0.996. The van der Waals surface area contributed by atoms with Crippen LogP contribution in [0.4, 0.5) is 0 Å². The Labute approximate surface area is 127 Å². The highest BCUT2D eigenvalue weighted by atomic mass is 79.9. The van der Waals surface area contributed by atoms with E-state index in [9.17, 15) is 9.59 Å². The molecule has 0 aliphatic heterocycles. The normalized spacial score (nSPS) is 12.3. The van der Waals surface area contributed by atoms with Crippen molar-refractivity contribution in [3.05, 3.63) is 40.4 Å². The lowest BCUT2D eigenvalue weighted by atomic mass is 10.1. The minimum Gasteiger partial charge on any atom is -0.480 e. The Morgan fingerprint density at radius 3 is 2.55 bits per heavy atom. The molecule has 0 saturated heterocycles. The minimum absolute atomic E-state index is 0.392. The number of halogens is 1. The van der Waals surface area contributed by atoms with Gasteiger partial charge in [0.2, 0.25) is 5.91 Å². The Balaban J connectivity index is 2.56. The second-order valence-corrected chi connectivity index (χ2v) is 5.34. The number of hydrogen-bond acceptors (Lipinski definition) is 2. The zero-order chi connectivity index (χ0) is 15.0. The summed E-state index contributed by atoms with van der Waals surface area (Å²) in [5.74, 6) is -1.39. The van der Waals surface area contributed by atoms with Gasteiger partial charge in [0.1, 0.15) is 6.04 Å². The van der Waals surface area contributed by atoms with Crippen LogP contribution in [0, 0.1) is 0 Å². The van der Waals surface area contributed by atoms with E-state index in [0.717, 1.165) is 22.9 Å². The lowest BCUT2D eigenvalue weighted by Crippen LogP contribution is -2.39. The number of rotatable bonds is 7. The molecule has 0 aromatic heterocycles. The highest BCUT2D eigenvalue weighted by Crippen LogP contribution is 2.11. The second-order valence-electron chi connectivity index (χ2n) is 4.43. The maximum absolute atomic E-state index is 11.7. The first-order valence-corrected chi connectivity index (χ1v) is 7.29. The summed E-state index contributed by atoms with van der Waals surface area (Å²) >= 11 is 3.33. The lowest BCUT2D eigenvalue weighted by molar-refractivity contribution is -0.141. The van der Waals surface area contributed by atoms with Crippen molar-refractivity contribution in [3.63, 3.8) is 0 Å². The molecule has 0 bridgehead atoms. The smallest absolute Gasteiger partial charge is 0.326 e. The van der Waals surface area contributed by atoms with Crippen molar-refractivity contribution >= 4 is 33.9 Å². The predicted octanol–water partition coefficient (Wildman–Crippen LogP) is 3.22. The largest absolute Gasteiger partial charge is 0.480 e. The quantitative estimate of drug-likeness (QED) is 0.749. The van der Waals surface area contributed by atoms with Crippen LogP contribution in [0.25, 0.3) is 6.08 Å². The van der Waals surface area contributed by atoms with Crippen LogP contribution < -0.4 is 5.32 Å². The molecule has 0 unspecified atom stereocenters. The van der Waals surface area contributed by atoms with Gasteiger partial charge in [0.15, 0.2) is 0 Å². The standard InChI is InChI=1S/C15H18BrNO3/c1-2-3-4-13(15(19)20)17-14(18)10-7-11-5-8-12(16)9-6-11/h5-10,13H,2-4H2,1H3,(H,17,18)(H,19,20)/b10-7+/t13-/m0/s1. The van der Waals surface area contributed by atoms with E-state index in [-0.39, 0.29) is 0 Å².